The predicted octanol–water partition coefficient (Wildman–Crippen LogP) is 6.77. The number of hydrogen-bond acceptors (Lipinski definition) is 0. The fourth-order valence-corrected chi connectivity index (χ4v) is 3.20. The second kappa shape index (κ2) is 8.49. The van der Waals surface area contributed by atoms with Crippen LogP contribution in [0.2, 0.25) is 0 Å². The first-order valence-corrected chi connectivity index (χ1v) is 8.58. The van der Waals surface area contributed by atoms with Crippen molar-refractivity contribution in [2.24, 2.45) is 11.8 Å². The lowest BCUT2D eigenvalue weighted by Gasteiger charge is -2.24. The van der Waals surface area contributed by atoms with Crippen molar-refractivity contribution in [1.29, 1.82) is 0 Å². The molecule has 0 fully saturated rings. The van der Waals surface area contributed by atoms with Crippen LogP contribution in [0.25, 0.3) is 0 Å². The largest absolute Gasteiger partial charge is 0.0651 e. The van der Waals surface area contributed by atoms with E-state index in [4.69, 9.17) is 0 Å². The second-order valence-corrected chi connectivity index (χ2v) is 6.93. The van der Waals surface area contributed by atoms with Gasteiger partial charge in [0, 0.05) is 0 Å². The highest BCUT2D eigenvalue weighted by Gasteiger charge is 2.17. The van der Waals surface area contributed by atoms with Crippen molar-refractivity contribution in [3.8, 4) is 0 Å². The molecule has 0 nitrogen and oxygen atoms in total. The molecule has 0 N–H and O–H groups in total. The van der Waals surface area contributed by atoms with E-state index in [1.165, 1.54) is 25.7 Å². The van der Waals surface area contributed by atoms with E-state index in [1.54, 1.807) is 11.1 Å². The summed E-state index contributed by atoms with van der Waals surface area (Å²) in [4.78, 5) is 0. The maximum Gasteiger partial charge on any atom is -0.0185 e. The van der Waals surface area contributed by atoms with Gasteiger partial charge in [-0.2, -0.15) is 0 Å². The Kier molecular flexibility index (Phi) is 7.34. The van der Waals surface area contributed by atoms with Crippen LogP contribution >= 0.6 is 0 Å². The Morgan fingerprint density at radius 3 is 1.35 bits per heavy atom. The van der Waals surface area contributed by atoms with E-state index in [0.717, 1.165) is 11.8 Å². The van der Waals surface area contributed by atoms with Crippen LogP contribution in [0.15, 0.2) is 24.3 Å². The number of benzene rings is 1. The topological polar surface area (TPSA) is 0 Å². The first kappa shape index (κ1) is 17.3. The first-order valence-electron chi connectivity index (χ1n) is 8.58. The molecule has 0 aliphatic heterocycles. The Morgan fingerprint density at radius 2 is 1.05 bits per heavy atom. The average molecular weight is 274 g/mol. The quantitative estimate of drug-likeness (QED) is 0.491. The van der Waals surface area contributed by atoms with Gasteiger partial charge in [-0.25, -0.2) is 0 Å². The van der Waals surface area contributed by atoms with Gasteiger partial charge < -0.3 is 0 Å². The molecule has 1 aromatic carbocycles. The van der Waals surface area contributed by atoms with Gasteiger partial charge in [-0.1, -0.05) is 78.6 Å². The Hall–Kier alpha value is -0.780. The van der Waals surface area contributed by atoms with Crippen LogP contribution in [0.5, 0.6) is 0 Å². The smallest absolute Gasteiger partial charge is 0.0185 e. The minimum Gasteiger partial charge on any atom is -0.0651 e. The molecule has 1 aromatic rings. The fourth-order valence-electron chi connectivity index (χ4n) is 3.20. The van der Waals surface area contributed by atoms with Crippen LogP contribution in [-0.4, -0.2) is 0 Å². The van der Waals surface area contributed by atoms with Gasteiger partial charge in [0.25, 0.3) is 0 Å². The Bertz CT molecular complexity index is 342. The molecule has 0 amide bonds. The van der Waals surface area contributed by atoms with Crippen molar-refractivity contribution in [2.75, 3.05) is 0 Å². The summed E-state index contributed by atoms with van der Waals surface area (Å²) >= 11 is 0. The van der Waals surface area contributed by atoms with Crippen molar-refractivity contribution in [2.45, 2.75) is 79.1 Å². The number of rotatable bonds is 8. The highest BCUT2D eigenvalue weighted by atomic mass is 14.2. The van der Waals surface area contributed by atoms with Crippen molar-refractivity contribution in [3.05, 3.63) is 35.4 Å². The Balaban J connectivity index is 2.86. The van der Waals surface area contributed by atoms with Crippen molar-refractivity contribution in [3.63, 3.8) is 0 Å². The van der Waals surface area contributed by atoms with Crippen molar-refractivity contribution < 1.29 is 0 Å². The van der Waals surface area contributed by atoms with E-state index in [1.807, 2.05) is 0 Å². The highest BCUT2D eigenvalue weighted by molar-refractivity contribution is 5.32. The second-order valence-electron chi connectivity index (χ2n) is 6.93. The van der Waals surface area contributed by atoms with Gasteiger partial charge in [-0.15, -0.1) is 0 Å². The Morgan fingerprint density at radius 1 is 0.700 bits per heavy atom. The van der Waals surface area contributed by atoms with E-state index in [0.29, 0.717) is 11.8 Å². The van der Waals surface area contributed by atoms with Gasteiger partial charge in [0.1, 0.15) is 0 Å². The monoisotopic (exact) mass is 274 g/mol. The highest BCUT2D eigenvalue weighted by Crippen LogP contribution is 2.34. The predicted molar refractivity (Wildman–Crippen MR) is 91.4 cm³/mol. The van der Waals surface area contributed by atoms with Gasteiger partial charge in [-0.05, 0) is 47.6 Å². The molecule has 4 atom stereocenters. The standard InChI is InChI=1S/C20H34/c1-7-15(3)13-17(5)19-11-9-10-12-20(19)18(6)14-16(4)8-2/h9-12,15-18H,7-8,13-14H2,1-6H3. The van der Waals surface area contributed by atoms with Crippen LogP contribution in [0, 0.1) is 11.8 Å². The molecule has 1 rings (SSSR count). The zero-order chi connectivity index (χ0) is 15.1. The zero-order valence-corrected chi connectivity index (χ0v) is 14.4. The van der Waals surface area contributed by atoms with E-state index in [-0.39, 0.29) is 0 Å². The maximum absolute atomic E-state index is 2.40. The minimum absolute atomic E-state index is 0.681. The summed E-state index contributed by atoms with van der Waals surface area (Å²) in [5.41, 5.74) is 3.17. The zero-order valence-electron chi connectivity index (χ0n) is 14.4. The molecule has 114 valence electrons. The molecule has 0 aromatic heterocycles. The van der Waals surface area contributed by atoms with E-state index in [9.17, 15) is 0 Å². The molecule has 4 unspecified atom stereocenters. The molecule has 20 heavy (non-hydrogen) atoms. The third kappa shape index (κ3) is 4.96. The lowest BCUT2D eigenvalue weighted by Crippen LogP contribution is -2.08. The molecule has 0 bridgehead atoms. The van der Waals surface area contributed by atoms with Crippen LogP contribution in [0.4, 0.5) is 0 Å². The summed E-state index contributed by atoms with van der Waals surface area (Å²) < 4.78 is 0. The van der Waals surface area contributed by atoms with Crippen molar-refractivity contribution >= 4 is 0 Å². The third-order valence-electron chi connectivity index (χ3n) is 4.96. The molecule has 0 heterocycles. The normalized spacial score (nSPS) is 17.5. The molecule has 0 saturated carbocycles. The summed E-state index contributed by atoms with van der Waals surface area (Å²) in [6.07, 6.45) is 5.19. The lowest BCUT2D eigenvalue weighted by atomic mass is 9.81. The third-order valence-corrected chi connectivity index (χ3v) is 4.96. The van der Waals surface area contributed by atoms with E-state index < -0.39 is 0 Å². The van der Waals surface area contributed by atoms with E-state index >= 15 is 0 Å². The molecule has 0 aliphatic rings. The fraction of sp³-hybridized carbons (Fsp3) is 0.700. The van der Waals surface area contributed by atoms with Crippen LogP contribution in [-0.2, 0) is 0 Å². The summed E-state index contributed by atoms with van der Waals surface area (Å²) in [6, 6.07) is 9.13. The molecule has 0 saturated heterocycles. The Labute approximate surface area is 127 Å². The van der Waals surface area contributed by atoms with Crippen LogP contribution in [0.3, 0.4) is 0 Å². The van der Waals surface area contributed by atoms with Gasteiger partial charge in [0.15, 0.2) is 0 Å². The van der Waals surface area contributed by atoms with Crippen LogP contribution < -0.4 is 0 Å². The molecule has 0 spiro atoms. The minimum atomic E-state index is 0.681. The lowest BCUT2D eigenvalue weighted by molar-refractivity contribution is 0.453. The maximum atomic E-state index is 2.40. The summed E-state index contributed by atoms with van der Waals surface area (Å²) in [5.74, 6) is 3.01. The van der Waals surface area contributed by atoms with Crippen molar-refractivity contribution in [1.82, 2.24) is 0 Å². The van der Waals surface area contributed by atoms with Gasteiger partial charge in [-0.3, -0.25) is 0 Å². The van der Waals surface area contributed by atoms with Gasteiger partial charge in [0.05, 0.1) is 0 Å². The van der Waals surface area contributed by atoms with E-state index in [2.05, 4.69) is 65.8 Å². The van der Waals surface area contributed by atoms with Gasteiger partial charge in [0.2, 0.25) is 0 Å². The molecule has 0 heteroatoms. The summed E-state index contributed by atoms with van der Waals surface area (Å²) in [7, 11) is 0. The molecule has 0 aliphatic carbocycles. The SMILES string of the molecule is CCC(C)CC(C)c1ccccc1C(C)CC(C)CC. The summed E-state index contributed by atoms with van der Waals surface area (Å²) in [5, 5.41) is 0. The summed E-state index contributed by atoms with van der Waals surface area (Å²) in [6.45, 7) is 14.2. The molecular formula is C20H34. The molecular weight excluding hydrogens is 240 g/mol. The van der Waals surface area contributed by atoms with Crippen LogP contribution in [0.1, 0.15) is 90.2 Å². The van der Waals surface area contributed by atoms with Gasteiger partial charge >= 0.3 is 0 Å². The molecule has 0 radical (unpaired) electrons. The first-order chi connectivity index (χ1) is 9.49. The number of hydrogen-bond donors (Lipinski definition) is 0. The average Bonchev–Trinajstić information content (AvgIpc) is 2.46.